The predicted octanol–water partition coefficient (Wildman–Crippen LogP) is 2.91. The molecule has 0 saturated carbocycles. The summed E-state index contributed by atoms with van der Waals surface area (Å²) in [4.78, 5) is 11.7. The molecule has 1 aromatic heterocycles. The molecule has 2 rings (SSSR count). The summed E-state index contributed by atoms with van der Waals surface area (Å²) in [6.07, 6.45) is 1.80. The largest absolute Gasteiger partial charge is 0.283 e. The van der Waals surface area contributed by atoms with Gasteiger partial charge in [-0.1, -0.05) is 18.2 Å². The van der Waals surface area contributed by atoms with Crippen molar-refractivity contribution in [2.24, 2.45) is 0 Å². The van der Waals surface area contributed by atoms with E-state index in [0.29, 0.717) is 0 Å². The standard InChI is InChI=1S/C12H10BrNO/c1-9-7-12(15)14(8-11(9)13)10-5-3-2-4-6-10/h2-8H,1H3. The van der Waals surface area contributed by atoms with Gasteiger partial charge in [0.25, 0.3) is 5.56 Å². The molecule has 76 valence electrons. The molecule has 0 saturated heterocycles. The lowest BCUT2D eigenvalue weighted by atomic mass is 10.2. The number of nitrogens with zero attached hydrogens (tertiary/aromatic N) is 1. The van der Waals surface area contributed by atoms with Crippen LogP contribution in [-0.4, -0.2) is 4.57 Å². The summed E-state index contributed by atoms with van der Waals surface area (Å²) < 4.78 is 2.56. The normalized spacial score (nSPS) is 10.3. The molecule has 0 N–H and O–H groups in total. The van der Waals surface area contributed by atoms with E-state index in [4.69, 9.17) is 0 Å². The zero-order valence-electron chi connectivity index (χ0n) is 8.27. The average Bonchev–Trinajstić information content (AvgIpc) is 2.25. The first kappa shape index (κ1) is 10.2. The van der Waals surface area contributed by atoms with E-state index in [1.807, 2.05) is 37.3 Å². The highest BCUT2D eigenvalue weighted by Crippen LogP contribution is 2.14. The summed E-state index contributed by atoms with van der Waals surface area (Å²) in [5.74, 6) is 0. The van der Waals surface area contributed by atoms with Gasteiger partial charge in [0, 0.05) is 22.4 Å². The van der Waals surface area contributed by atoms with Crippen LogP contribution in [0.2, 0.25) is 0 Å². The number of hydrogen-bond acceptors (Lipinski definition) is 1. The number of aromatic nitrogens is 1. The Balaban J connectivity index is 2.65. The number of hydrogen-bond donors (Lipinski definition) is 0. The summed E-state index contributed by atoms with van der Waals surface area (Å²) in [6.45, 7) is 1.90. The summed E-state index contributed by atoms with van der Waals surface area (Å²) in [5.41, 5.74) is 1.82. The second-order valence-corrected chi connectivity index (χ2v) is 4.20. The number of pyridine rings is 1. The van der Waals surface area contributed by atoms with Crippen LogP contribution in [-0.2, 0) is 0 Å². The summed E-state index contributed by atoms with van der Waals surface area (Å²) in [5, 5.41) is 0. The first-order valence-electron chi connectivity index (χ1n) is 4.63. The maximum absolute atomic E-state index is 11.7. The van der Waals surface area contributed by atoms with Gasteiger partial charge in [-0.3, -0.25) is 9.36 Å². The molecule has 0 amide bonds. The van der Waals surface area contributed by atoms with Crippen LogP contribution in [0.5, 0.6) is 0 Å². The van der Waals surface area contributed by atoms with Gasteiger partial charge < -0.3 is 0 Å². The predicted molar refractivity (Wildman–Crippen MR) is 64.5 cm³/mol. The van der Waals surface area contributed by atoms with Gasteiger partial charge in [-0.2, -0.15) is 0 Å². The van der Waals surface area contributed by atoms with Crippen LogP contribution < -0.4 is 5.56 Å². The molecule has 3 heteroatoms. The third-order valence-corrected chi connectivity index (χ3v) is 3.06. The molecule has 0 aliphatic rings. The van der Waals surface area contributed by atoms with E-state index >= 15 is 0 Å². The molecule has 0 unspecified atom stereocenters. The second-order valence-electron chi connectivity index (χ2n) is 3.35. The molecule has 0 spiro atoms. The topological polar surface area (TPSA) is 22.0 Å². The Hall–Kier alpha value is -1.35. The summed E-state index contributed by atoms with van der Waals surface area (Å²) in [6, 6.07) is 11.2. The third kappa shape index (κ3) is 2.02. The molecule has 2 nitrogen and oxygen atoms in total. The van der Waals surface area contributed by atoms with Crippen LogP contribution in [0.1, 0.15) is 5.56 Å². The first-order valence-corrected chi connectivity index (χ1v) is 5.42. The van der Waals surface area contributed by atoms with Crippen molar-refractivity contribution < 1.29 is 0 Å². The maximum atomic E-state index is 11.7. The van der Waals surface area contributed by atoms with E-state index in [2.05, 4.69) is 15.9 Å². The van der Waals surface area contributed by atoms with Crippen molar-refractivity contribution >= 4 is 15.9 Å². The van der Waals surface area contributed by atoms with Gasteiger partial charge in [0.1, 0.15) is 0 Å². The Bertz CT molecular complexity index is 531. The molecule has 0 aliphatic carbocycles. The molecule has 0 fully saturated rings. The van der Waals surface area contributed by atoms with Gasteiger partial charge in [0.15, 0.2) is 0 Å². The van der Waals surface area contributed by atoms with Crippen LogP contribution in [0.15, 0.2) is 51.9 Å². The molecular formula is C12H10BrNO. The fourth-order valence-corrected chi connectivity index (χ4v) is 1.71. The number of aryl methyl sites for hydroxylation is 1. The Morgan fingerprint density at radius 2 is 1.87 bits per heavy atom. The highest BCUT2D eigenvalue weighted by Gasteiger charge is 2.02. The zero-order chi connectivity index (χ0) is 10.8. The van der Waals surface area contributed by atoms with E-state index in [-0.39, 0.29) is 5.56 Å². The molecule has 1 heterocycles. The fourth-order valence-electron chi connectivity index (χ4n) is 1.39. The van der Waals surface area contributed by atoms with Crippen molar-refractivity contribution in [1.29, 1.82) is 0 Å². The quantitative estimate of drug-likeness (QED) is 0.776. The monoisotopic (exact) mass is 263 g/mol. The number of rotatable bonds is 1. The van der Waals surface area contributed by atoms with Crippen molar-refractivity contribution in [2.45, 2.75) is 6.92 Å². The van der Waals surface area contributed by atoms with Gasteiger partial charge >= 0.3 is 0 Å². The third-order valence-electron chi connectivity index (χ3n) is 2.23. The number of para-hydroxylation sites is 1. The van der Waals surface area contributed by atoms with Crippen LogP contribution in [0.3, 0.4) is 0 Å². The number of benzene rings is 1. The van der Waals surface area contributed by atoms with Crippen LogP contribution in [0, 0.1) is 6.92 Å². The van der Waals surface area contributed by atoms with Crippen molar-refractivity contribution in [2.75, 3.05) is 0 Å². The maximum Gasteiger partial charge on any atom is 0.255 e. The van der Waals surface area contributed by atoms with Gasteiger partial charge in [0.2, 0.25) is 0 Å². The lowest BCUT2D eigenvalue weighted by molar-refractivity contribution is 0.974. The zero-order valence-corrected chi connectivity index (χ0v) is 9.86. The SMILES string of the molecule is Cc1cc(=O)n(-c2ccccc2)cc1Br. The van der Waals surface area contributed by atoms with Crippen molar-refractivity contribution in [3.8, 4) is 5.69 Å². The molecule has 0 bridgehead atoms. The molecule has 0 aliphatic heterocycles. The van der Waals surface area contributed by atoms with Gasteiger partial charge in [-0.25, -0.2) is 0 Å². The van der Waals surface area contributed by atoms with E-state index in [9.17, 15) is 4.79 Å². The van der Waals surface area contributed by atoms with Gasteiger partial charge in [0.05, 0.1) is 0 Å². The summed E-state index contributed by atoms with van der Waals surface area (Å²) in [7, 11) is 0. The Morgan fingerprint density at radius 3 is 2.53 bits per heavy atom. The average molecular weight is 264 g/mol. The smallest absolute Gasteiger partial charge is 0.255 e. The fraction of sp³-hybridized carbons (Fsp3) is 0.0833. The minimum absolute atomic E-state index is 0.0121. The Morgan fingerprint density at radius 1 is 1.20 bits per heavy atom. The van der Waals surface area contributed by atoms with Crippen molar-refractivity contribution in [3.05, 3.63) is 63.0 Å². The van der Waals surface area contributed by atoms with Gasteiger partial charge in [-0.15, -0.1) is 0 Å². The number of halogens is 1. The van der Waals surface area contributed by atoms with Gasteiger partial charge in [-0.05, 0) is 40.5 Å². The lowest BCUT2D eigenvalue weighted by Gasteiger charge is -2.06. The first-order chi connectivity index (χ1) is 7.18. The van der Waals surface area contributed by atoms with E-state index in [1.165, 1.54) is 0 Å². The minimum atomic E-state index is -0.0121. The highest BCUT2D eigenvalue weighted by atomic mass is 79.9. The second kappa shape index (κ2) is 4.03. The van der Waals surface area contributed by atoms with E-state index in [1.54, 1.807) is 16.8 Å². The van der Waals surface area contributed by atoms with Crippen LogP contribution in [0.4, 0.5) is 0 Å². The van der Waals surface area contributed by atoms with Crippen LogP contribution >= 0.6 is 15.9 Å². The van der Waals surface area contributed by atoms with E-state index in [0.717, 1.165) is 15.7 Å². The molecular weight excluding hydrogens is 254 g/mol. The highest BCUT2D eigenvalue weighted by molar-refractivity contribution is 9.10. The van der Waals surface area contributed by atoms with E-state index < -0.39 is 0 Å². The van der Waals surface area contributed by atoms with Crippen molar-refractivity contribution in [3.63, 3.8) is 0 Å². The molecule has 0 radical (unpaired) electrons. The summed E-state index contributed by atoms with van der Waals surface area (Å²) >= 11 is 3.42. The molecule has 1 aromatic carbocycles. The van der Waals surface area contributed by atoms with Crippen molar-refractivity contribution in [1.82, 2.24) is 4.57 Å². The Labute approximate surface area is 96.3 Å². The lowest BCUT2D eigenvalue weighted by Crippen LogP contribution is -2.17. The van der Waals surface area contributed by atoms with Crippen LogP contribution in [0.25, 0.3) is 5.69 Å². The minimum Gasteiger partial charge on any atom is -0.283 e. The molecule has 15 heavy (non-hydrogen) atoms. The Kier molecular flexibility index (Phi) is 2.73. The molecule has 0 atom stereocenters. The molecule has 2 aromatic rings.